The zero-order chi connectivity index (χ0) is 101. The van der Waals surface area contributed by atoms with Gasteiger partial charge in [0, 0.05) is 72.6 Å². The molecule has 138 heavy (non-hydrogen) atoms. The summed E-state index contributed by atoms with van der Waals surface area (Å²) in [4.78, 5) is 0. The summed E-state index contributed by atoms with van der Waals surface area (Å²) in [6, 6.07) is 100. The first-order valence-electron chi connectivity index (χ1n) is 41.6. The summed E-state index contributed by atoms with van der Waals surface area (Å²) >= 11 is -4.13. The van der Waals surface area contributed by atoms with Crippen molar-refractivity contribution in [2.75, 3.05) is 0 Å². The van der Waals surface area contributed by atoms with Crippen molar-refractivity contribution in [2.24, 2.45) is 0 Å². The average Bonchev–Trinajstić information content (AvgIpc) is 0.767. The Labute approximate surface area is 904 Å². The van der Waals surface area contributed by atoms with Gasteiger partial charge in [-0.2, -0.15) is 0 Å². The zero-order valence-corrected chi connectivity index (χ0v) is 99.9. The van der Waals surface area contributed by atoms with E-state index in [0.717, 1.165) is 89.7 Å². The van der Waals surface area contributed by atoms with Gasteiger partial charge in [-0.25, -0.2) is 39.5 Å². The molecule has 0 aromatic heterocycles. The van der Waals surface area contributed by atoms with Gasteiger partial charge in [0.15, 0.2) is 23.3 Å². The zero-order valence-electron chi connectivity index (χ0n) is 75.1. The second-order valence-corrected chi connectivity index (χ2v) is 56.9. The van der Waals surface area contributed by atoms with E-state index < -0.39 is 153 Å². The van der Waals surface area contributed by atoms with E-state index in [1.54, 1.807) is 54.6 Å². The predicted octanol–water partition coefficient (Wildman–Crippen LogP) is 29.1. The molecule has 15 aromatic rings. The van der Waals surface area contributed by atoms with Gasteiger partial charge in [-0.1, -0.05) is 349 Å². The third-order valence-electron chi connectivity index (χ3n) is 19.9. The monoisotopic (exact) mass is 2550 g/mol. The molecule has 15 aromatic carbocycles. The Morgan fingerprint density at radius 2 is 0.536 bits per heavy atom. The van der Waals surface area contributed by atoms with Crippen molar-refractivity contribution in [3.05, 3.63) is 446 Å². The summed E-state index contributed by atoms with van der Waals surface area (Å²) in [6.07, 6.45) is 3.56. The summed E-state index contributed by atoms with van der Waals surface area (Å²) in [5.74, 6) is -9.97. The van der Waals surface area contributed by atoms with E-state index in [2.05, 4.69) is 42.5 Å². The molecule has 0 fully saturated rings. The number of phenolic OH excluding ortho intramolecular Hbond substituents is 5. The summed E-state index contributed by atoms with van der Waals surface area (Å²) in [6.45, 7) is 13.3. The molecule has 0 aliphatic heterocycles. The second kappa shape index (κ2) is 66.4. The number of rotatable bonds is 20. The first-order chi connectivity index (χ1) is 66.0. The first-order valence-corrected chi connectivity index (χ1v) is 78.2. The van der Waals surface area contributed by atoms with Gasteiger partial charge in [-0.15, -0.1) is 0 Å². The van der Waals surface area contributed by atoms with E-state index in [-0.39, 0.29) is 97.1 Å². The second-order valence-electron chi connectivity index (χ2n) is 31.7. The number of aryl methyl sites for hydroxylation is 1. The van der Waals surface area contributed by atoms with E-state index in [0.29, 0.717) is 46.0 Å². The number of halogens is 19. The van der Waals surface area contributed by atoms with Gasteiger partial charge < -0.3 is 25.5 Å². The molecule has 0 amide bonds. The van der Waals surface area contributed by atoms with Gasteiger partial charge in [0.2, 0.25) is 5.82 Å². The van der Waals surface area contributed by atoms with E-state index >= 15 is 0 Å². The summed E-state index contributed by atoms with van der Waals surface area (Å²) < 4.78 is 124. The van der Waals surface area contributed by atoms with Crippen LogP contribution in [0.1, 0.15) is 114 Å². The average molecular weight is 2560 g/mol. The number of phenols is 5. The van der Waals surface area contributed by atoms with Crippen LogP contribution in [0.2, 0.25) is 0 Å². The molecule has 5 nitrogen and oxygen atoms in total. The summed E-state index contributed by atoms with van der Waals surface area (Å²) in [7, 11) is 48.8. The van der Waals surface area contributed by atoms with Crippen molar-refractivity contribution in [3.63, 3.8) is 0 Å². The topological polar surface area (TPSA) is 101 Å². The summed E-state index contributed by atoms with van der Waals surface area (Å²) in [5, 5.41) is 57.6. The van der Waals surface area contributed by atoms with E-state index in [1.165, 1.54) is 35.4 Å². The van der Waals surface area contributed by atoms with Crippen LogP contribution >= 0.6 is 128 Å². The third-order valence-corrected chi connectivity index (χ3v) is 26.8. The molecule has 718 valence electrons. The van der Waals surface area contributed by atoms with Crippen LogP contribution in [-0.4, -0.2) is 25.5 Å². The Balaban J connectivity index is 0.000000256. The first kappa shape index (κ1) is 123. The van der Waals surface area contributed by atoms with Crippen LogP contribution in [-0.2, 0) is 147 Å². The molecule has 0 radical (unpaired) electrons. The Morgan fingerprint density at radius 1 is 0.239 bits per heavy atom. The Morgan fingerprint density at radius 3 is 0.920 bits per heavy atom. The molecule has 0 saturated carbocycles. The van der Waals surface area contributed by atoms with Crippen molar-refractivity contribution in [2.45, 2.75) is 91.4 Å². The fraction of sp³-hybridized carbons (Fsp3) is 0.135. The van der Waals surface area contributed by atoms with Crippen LogP contribution in [0.15, 0.2) is 322 Å². The van der Waals surface area contributed by atoms with Crippen LogP contribution < -0.4 is 53.0 Å². The standard InChI is InChI=1S/C26H22FOP.C20H22F5OP.C20H18FOP.2C19H16FOP.10ClH.5Zr/c27-23-13-7-8-14-24(23)29-25-18-21(15-19-9-3-1-4-10-19)17-22(26(25)28)16-20-11-5-2-6-12-20;1-19(2,3)9-7-10(20(4,5)6)17(26)11(8-9)27-18-15(24)13(22)12(21)14(23)16(18)25;1-14-7-5-11-17(21)20(14)23-18-12-6-10-16(19(18)22)13-15-8-3-2-4-9-15;20-16-10-4-5-11-17(16)22-18-12-6-9-15(19(18)21)13-14-7-2-1-3-8-14;20-16-8-4-5-9-18(16)22-19-13-15(10-11-17(19)21)12-14-6-2-1-3-7-14;;;;;;;;;;;;;;;/h1-14,17-18,28-29H,15-16H2;7-8,26-27H,1-6H3;2-12,22-23H,13H2,1H3;1-12,21-22H,13H2;1-11,13,21-22H,12H2;10*1H;;;;;/q;;;;;;;;;;;;;;;5*+2/p-10. The molecule has 0 spiro atoms. The fourth-order valence-corrected chi connectivity index (χ4v) is 19.2. The minimum absolute atomic E-state index is 0.0636. The van der Waals surface area contributed by atoms with Crippen molar-refractivity contribution >= 4 is 181 Å². The van der Waals surface area contributed by atoms with Gasteiger partial charge in [0.05, 0.1) is 5.30 Å². The molecule has 15 rings (SSSR count). The van der Waals surface area contributed by atoms with Gasteiger partial charge in [0.25, 0.3) is 0 Å². The van der Waals surface area contributed by atoms with Crippen LogP contribution in [0.5, 0.6) is 28.7 Å². The Bertz CT molecular complexity index is 6130. The van der Waals surface area contributed by atoms with Crippen molar-refractivity contribution in [1.82, 2.24) is 0 Å². The molecule has 0 aliphatic carbocycles. The molecule has 34 heteroatoms. The number of aromatic hydroxyl groups is 5. The number of hydrogen-bond acceptors (Lipinski definition) is 5. The van der Waals surface area contributed by atoms with Gasteiger partial charge in [-0.05, 0) is 154 Å². The molecule has 5 atom stereocenters. The van der Waals surface area contributed by atoms with Crippen molar-refractivity contribution in [3.8, 4) is 28.7 Å². The number of para-hydroxylation sites is 2. The van der Waals surface area contributed by atoms with Gasteiger partial charge in [0.1, 0.15) is 52.0 Å². The summed E-state index contributed by atoms with van der Waals surface area (Å²) in [5.41, 5.74) is 12.1. The molecule has 0 bridgehead atoms. The van der Waals surface area contributed by atoms with Crippen LogP contribution in [0.4, 0.5) is 39.5 Å². The minimum atomic E-state index is -2.19. The van der Waals surface area contributed by atoms with Crippen molar-refractivity contribution in [1.29, 1.82) is 0 Å². The molecule has 5 unspecified atom stereocenters. The van der Waals surface area contributed by atoms with E-state index in [9.17, 15) is 65.0 Å². The Kier molecular flexibility index (Phi) is 59.1. The molecule has 5 N–H and O–H groups in total. The molecule has 0 saturated heterocycles. The van der Waals surface area contributed by atoms with Crippen LogP contribution in [0.25, 0.3) is 0 Å². The van der Waals surface area contributed by atoms with Crippen LogP contribution in [0, 0.1) is 59.3 Å². The van der Waals surface area contributed by atoms with E-state index in [1.807, 2.05) is 249 Å². The Hall–Kier alpha value is -3.86. The molecule has 0 heterocycles. The SMILES string of the molecule is CC(C)(C)c1cc(Pc2c(F)c(F)c(F)c(F)c2F)c(O)c(C(C)(C)C)c1.Cc1cccc(F)c1Pc1cccc(Cc2ccccc2)c1O.Oc1c(Cc2ccccc2)cc(Cc2ccccc2)cc1Pc1ccccc1F.Oc1c(Cc2ccccc2)cccc1Pc1ccccc1F.Oc1ccc(Cc2ccccc2)cc1Pc1ccccc1F.[Cl][Zr][Cl].[Cl][Zr][Cl].[Cl][Zr][Cl].[Cl][Zr][Cl].[Cl][Zr][Cl]. The normalized spacial score (nSPS) is 10.8. The van der Waals surface area contributed by atoms with Crippen molar-refractivity contribution < 1.29 is 169 Å². The number of hydrogen-bond donors (Lipinski definition) is 5. The fourth-order valence-electron chi connectivity index (χ4n) is 13.3. The number of benzene rings is 15. The maximum atomic E-state index is 14.2. The molecular formula is C104H94Cl10F9O5P5Zr5. The third kappa shape index (κ3) is 42.2. The van der Waals surface area contributed by atoms with E-state index in [4.69, 9.17) is 85.1 Å². The molecule has 0 aliphatic rings. The predicted molar refractivity (Wildman–Crippen MR) is 557 cm³/mol. The maximum absolute atomic E-state index is 14.2. The molecular weight excluding hydrogens is 2470 g/mol. The quantitative estimate of drug-likeness (QED) is 0.0227. The van der Waals surface area contributed by atoms with Gasteiger partial charge in [-0.3, -0.25) is 0 Å². The van der Waals surface area contributed by atoms with Crippen LogP contribution in [0.3, 0.4) is 0 Å². The van der Waals surface area contributed by atoms with Gasteiger partial charge >= 0.3 is 189 Å².